The van der Waals surface area contributed by atoms with Crippen LogP contribution in [0.5, 0.6) is 0 Å². The summed E-state index contributed by atoms with van der Waals surface area (Å²) in [6.07, 6.45) is 11.5. The quantitative estimate of drug-likeness (QED) is 0.751. The molecule has 1 aromatic rings. The molecule has 5 nitrogen and oxygen atoms in total. The van der Waals surface area contributed by atoms with E-state index in [-0.39, 0.29) is 6.04 Å². The number of piperidine rings is 1. The van der Waals surface area contributed by atoms with Crippen LogP contribution in [0.3, 0.4) is 0 Å². The number of sulfonamides is 1. The smallest absolute Gasteiger partial charge is 0.232 e. The van der Waals surface area contributed by atoms with Gasteiger partial charge >= 0.3 is 0 Å². The highest BCUT2D eigenvalue weighted by atomic mass is 32.2. The Kier molecular flexibility index (Phi) is 6.09. The van der Waals surface area contributed by atoms with Crippen molar-refractivity contribution in [3.8, 4) is 0 Å². The van der Waals surface area contributed by atoms with Gasteiger partial charge < -0.3 is 4.74 Å². The number of likely N-dealkylation sites (tertiary alicyclic amines) is 1. The molecule has 1 aromatic carbocycles. The van der Waals surface area contributed by atoms with E-state index in [4.69, 9.17) is 4.74 Å². The van der Waals surface area contributed by atoms with Crippen molar-refractivity contribution < 1.29 is 13.2 Å². The summed E-state index contributed by atoms with van der Waals surface area (Å²) in [6.45, 7) is 3.61. The lowest BCUT2D eigenvalue weighted by Crippen LogP contribution is -2.43. The molecule has 2 heterocycles. The predicted molar refractivity (Wildman–Crippen MR) is 114 cm³/mol. The number of hydrogen-bond acceptors (Lipinski definition) is 4. The highest BCUT2D eigenvalue weighted by molar-refractivity contribution is 7.92. The molecule has 0 atom stereocenters. The molecule has 3 aliphatic rings. The maximum Gasteiger partial charge on any atom is 0.232 e. The summed E-state index contributed by atoms with van der Waals surface area (Å²) in [4.78, 5) is 2.65. The van der Waals surface area contributed by atoms with Gasteiger partial charge in [0.15, 0.2) is 0 Å². The second-order valence-electron chi connectivity index (χ2n) is 8.42. The van der Waals surface area contributed by atoms with E-state index in [1.54, 1.807) is 4.31 Å². The van der Waals surface area contributed by atoms with Gasteiger partial charge in [0.1, 0.15) is 0 Å². The fourth-order valence-corrected chi connectivity index (χ4v) is 5.88. The van der Waals surface area contributed by atoms with Gasteiger partial charge in [0, 0.05) is 38.4 Å². The molecule has 0 unspecified atom stereocenters. The van der Waals surface area contributed by atoms with Crippen LogP contribution in [0.15, 0.2) is 29.8 Å². The zero-order valence-corrected chi connectivity index (χ0v) is 17.7. The molecule has 0 bridgehead atoms. The summed E-state index contributed by atoms with van der Waals surface area (Å²) < 4.78 is 31.8. The predicted octanol–water partition coefficient (Wildman–Crippen LogP) is 3.66. The number of hydrogen-bond donors (Lipinski definition) is 0. The molecular weight excluding hydrogens is 372 g/mol. The van der Waals surface area contributed by atoms with Crippen molar-refractivity contribution >= 4 is 21.8 Å². The molecule has 2 saturated heterocycles. The molecule has 4 rings (SSSR count). The van der Waals surface area contributed by atoms with Crippen LogP contribution in [0.1, 0.15) is 50.5 Å². The molecule has 154 valence electrons. The fourth-order valence-electron chi connectivity index (χ4n) is 4.62. The number of nitrogens with zero attached hydrogens (tertiary/aromatic N) is 2. The maximum absolute atomic E-state index is 12.4. The van der Waals surface area contributed by atoms with E-state index in [1.807, 2.05) is 12.1 Å². The lowest BCUT2D eigenvalue weighted by Gasteiger charge is -2.40. The standard InChI is InChI=1S/C22H32N2O3S/c1-28(25,26)24(22-11-15-27-16-12-22)21-7-5-18(6-8-21)17-19-9-13-23(14-10-19)20-3-2-4-20/h5-8,17,20,22H,2-4,9-16H2,1H3. The normalized spacial score (nSPS) is 22.7. The van der Waals surface area contributed by atoms with Gasteiger partial charge in [-0.25, -0.2) is 8.42 Å². The Bertz CT molecular complexity index is 784. The molecule has 1 saturated carbocycles. The van der Waals surface area contributed by atoms with Crippen LogP contribution in [0, 0.1) is 0 Å². The first-order chi connectivity index (χ1) is 13.5. The van der Waals surface area contributed by atoms with Crippen LogP contribution in [0.25, 0.3) is 6.08 Å². The van der Waals surface area contributed by atoms with Gasteiger partial charge in [-0.05, 0) is 56.2 Å². The maximum atomic E-state index is 12.4. The minimum absolute atomic E-state index is 0.0104. The van der Waals surface area contributed by atoms with E-state index >= 15 is 0 Å². The third-order valence-electron chi connectivity index (χ3n) is 6.43. The summed E-state index contributed by atoms with van der Waals surface area (Å²) >= 11 is 0. The van der Waals surface area contributed by atoms with Crippen molar-refractivity contribution in [3.05, 3.63) is 35.4 Å². The minimum Gasteiger partial charge on any atom is -0.381 e. The lowest BCUT2D eigenvalue weighted by molar-refractivity contribution is 0.0876. The Morgan fingerprint density at radius 2 is 1.68 bits per heavy atom. The molecule has 2 aliphatic heterocycles. The van der Waals surface area contributed by atoms with Gasteiger partial charge in [0.25, 0.3) is 0 Å². The summed E-state index contributed by atoms with van der Waals surface area (Å²) in [5.74, 6) is 0. The number of rotatable bonds is 5. The Hall–Kier alpha value is -1.37. The number of anilines is 1. The molecule has 0 N–H and O–H groups in total. The first-order valence-corrected chi connectivity index (χ1v) is 12.5. The molecule has 0 radical (unpaired) electrons. The first-order valence-electron chi connectivity index (χ1n) is 10.6. The first kappa shape index (κ1) is 19.9. The van der Waals surface area contributed by atoms with Gasteiger partial charge in [-0.1, -0.05) is 30.2 Å². The van der Waals surface area contributed by atoms with Crippen LogP contribution in [0.2, 0.25) is 0 Å². The summed E-state index contributed by atoms with van der Waals surface area (Å²) in [5.41, 5.74) is 3.43. The van der Waals surface area contributed by atoms with E-state index in [0.29, 0.717) is 13.2 Å². The van der Waals surface area contributed by atoms with Crippen molar-refractivity contribution in [1.29, 1.82) is 0 Å². The topological polar surface area (TPSA) is 49.9 Å². The molecule has 1 aliphatic carbocycles. The van der Waals surface area contributed by atoms with E-state index < -0.39 is 10.0 Å². The summed E-state index contributed by atoms with van der Waals surface area (Å²) in [6, 6.07) is 8.84. The van der Waals surface area contributed by atoms with Crippen molar-refractivity contribution in [1.82, 2.24) is 4.90 Å². The SMILES string of the molecule is CS(=O)(=O)N(c1ccc(C=C2CCN(C3CCC3)CC2)cc1)C1CCOCC1. The monoisotopic (exact) mass is 404 g/mol. The summed E-state index contributed by atoms with van der Waals surface area (Å²) in [7, 11) is -3.31. The van der Waals surface area contributed by atoms with Gasteiger partial charge in [0.05, 0.1) is 11.9 Å². The number of benzene rings is 1. The minimum atomic E-state index is -3.31. The molecule has 6 heteroatoms. The molecule has 0 spiro atoms. The zero-order valence-electron chi connectivity index (χ0n) is 16.8. The third-order valence-corrected chi connectivity index (χ3v) is 7.65. The summed E-state index contributed by atoms with van der Waals surface area (Å²) in [5, 5.41) is 0. The van der Waals surface area contributed by atoms with Crippen LogP contribution in [-0.4, -0.2) is 58.0 Å². The molecular formula is C22H32N2O3S. The molecule has 28 heavy (non-hydrogen) atoms. The van der Waals surface area contributed by atoms with E-state index in [0.717, 1.165) is 43.0 Å². The van der Waals surface area contributed by atoms with Gasteiger partial charge in [-0.2, -0.15) is 0 Å². The Labute approximate surface area is 169 Å². The zero-order chi connectivity index (χ0) is 19.6. The van der Waals surface area contributed by atoms with Gasteiger partial charge in [-0.15, -0.1) is 0 Å². The Morgan fingerprint density at radius 1 is 1.04 bits per heavy atom. The van der Waals surface area contributed by atoms with Crippen LogP contribution in [0.4, 0.5) is 5.69 Å². The highest BCUT2D eigenvalue weighted by Gasteiger charge is 2.29. The van der Waals surface area contributed by atoms with Crippen molar-refractivity contribution in [2.45, 2.75) is 57.0 Å². The Balaban J connectivity index is 1.43. The largest absolute Gasteiger partial charge is 0.381 e. The van der Waals surface area contributed by atoms with E-state index in [1.165, 1.54) is 44.2 Å². The van der Waals surface area contributed by atoms with Crippen LogP contribution < -0.4 is 4.31 Å². The van der Waals surface area contributed by atoms with E-state index in [9.17, 15) is 8.42 Å². The molecule has 3 fully saturated rings. The molecule has 0 amide bonds. The fraction of sp³-hybridized carbons (Fsp3) is 0.636. The second kappa shape index (κ2) is 8.56. The van der Waals surface area contributed by atoms with Gasteiger partial charge in [-0.3, -0.25) is 9.21 Å². The average molecular weight is 405 g/mol. The lowest BCUT2D eigenvalue weighted by atomic mass is 9.89. The Morgan fingerprint density at radius 3 is 2.21 bits per heavy atom. The van der Waals surface area contributed by atoms with E-state index in [2.05, 4.69) is 23.1 Å². The third kappa shape index (κ3) is 4.61. The van der Waals surface area contributed by atoms with Crippen molar-refractivity contribution in [2.24, 2.45) is 0 Å². The number of ether oxygens (including phenoxy) is 1. The molecule has 0 aromatic heterocycles. The van der Waals surface area contributed by atoms with Crippen molar-refractivity contribution in [2.75, 3.05) is 36.9 Å². The highest BCUT2D eigenvalue weighted by Crippen LogP contribution is 2.30. The van der Waals surface area contributed by atoms with Gasteiger partial charge in [0.2, 0.25) is 10.0 Å². The second-order valence-corrected chi connectivity index (χ2v) is 10.3. The van der Waals surface area contributed by atoms with Crippen LogP contribution in [-0.2, 0) is 14.8 Å². The average Bonchev–Trinajstić information content (AvgIpc) is 2.63. The van der Waals surface area contributed by atoms with Crippen LogP contribution >= 0.6 is 0 Å². The van der Waals surface area contributed by atoms with Crippen molar-refractivity contribution in [3.63, 3.8) is 0 Å².